The summed E-state index contributed by atoms with van der Waals surface area (Å²) >= 11 is 0. The van der Waals surface area contributed by atoms with Crippen molar-refractivity contribution in [3.05, 3.63) is 53.6 Å². The van der Waals surface area contributed by atoms with Crippen LogP contribution in [-0.4, -0.2) is 6.04 Å². The van der Waals surface area contributed by atoms with Crippen LogP contribution in [0.5, 0.6) is 0 Å². The Morgan fingerprint density at radius 2 is 1.38 bits per heavy atom. The van der Waals surface area contributed by atoms with E-state index in [0.717, 1.165) is 6.42 Å². The number of nitrogens with two attached hydrogens (primary N) is 1. The van der Waals surface area contributed by atoms with Gasteiger partial charge < -0.3 is 5.73 Å². The molecule has 0 unspecified atom stereocenters. The van der Waals surface area contributed by atoms with Crippen molar-refractivity contribution in [2.75, 3.05) is 0 Å². The van der Waals surface area contributed by atoms with Gasteiger partial charge in [-0.05, 0) is 30.9 Å². The normalized spacial score (nSPS) is 13.4. The molecule has 0 radical (unpaired) electrons. The molecule has 0 saturated heterocycles. The van der Waals surface area contributed by atoms with E-state index < -0.39 is 0 Å². The lowest BCUT2D eigenvalue weighted by Crippen LogP contribution is -2.16. The largest absolute Gasteiger partial charge is 0.324 e. The summed E-state index contributed by atoms with van der Waals surface area (Å²) in [6.45, 7) is 4.34. The molecule has 0 aromatic heterocycles. The maximum Gasteiger partial charge on any atom is 0.0266 e. The van der Waals surface area contributed by atoms with Crippen molar-refractivity contribution in [1.29, 1.82) is 0 Å². The molecule has 0 heterocycles. The molecule has 1 heteroatoms. The molecular weight excluding hydrogens is 314 g/mol. The van der Waals surface area contributed by atoms with E-state index in [4.69, 9.17) is 5.73 Å². The summed E-state index contributed by atoms with van der Waals surface area (Å²) in [6.07, 6.45) is 23.3. The summed E-state index contributed by atoms with van der Waals surface area (Å²) in [4.78, 5) is 0. The zero-order valence-electron chi connectivity index (χ0n) is 17.3. The summed E-state index contributed by atoms with van der Waals surface area (Å²) in [5.41, 5.74) is 8.54. The molecule has 0 saturated carbocycles. The van der Waals surface area contributed by atoms with Gasteiger partial charge in [-0.3, -0.25) is 0 Å². The first-order valence-corrected chi connectivity index (χ1v) is 10.9. The van der Waals surface area contributed by atoms with Gasteiger partial charge in [-0.1, -0.05) is 120 Å². The predicted octanol–water partition coefficient (Wildman–Crippen LogP) is 7.67. The van der Waals surface area contributed by atoms with Gasteiger partial charge in [0.2, 0.25) is 0 Å². The highest BCUT2D eigenvalue weighted by Crippen LogP contribution is 2.14. The second-order valence-electron chi connectivity index (χ2n) is 7.57. The van der Waals surface area contributed by atoms with E-state index >= 15 is 0 Å². The van der Waals surface area contributed by atoms with Crippen LogP contribution >= 0.6 is 0 Å². The molecule has 146 valence electrons. The molecule has 1 atom stereocenters. The summed E-state index contributed by atoms with van der Waals surface area (Å²) < 4.78 is 0. The van der Waals surface area contributed by atoms with Crippen LogP contribution in [0.15, 0.2) is 48.1 Å². The molecule has 1 rings (SSSR count). The predicted molar refractivity (Wildman–Crippen MR) is 118 cm³/mol. The summed E-state index contributed by atoms with van der Waals surface area (Å²) in [5, 5.41) is 0. The van der Waals surface area contributed by atoms with Crippen LogP contribution in [0.25, 0.3) is 6.08 Å². The molecule has 0 spiro atoms. The summed E-state index contributed by atoms with van der Waals surface area (Å²) in [6, 6.07) is 10.5. The minimum atomic E-state index is 0.0729. The molecule has 2 N–H and O–H groups in total. The maximum absolute atomic E-state index is 6.11. The Bertz CT molecular complexity index is 484. The van der Waals surface area contributed by atoms with Gasteiger partial charge >= 0.3 is 0 Å². The molecule has 1 nitrogen and oxygen atoms in total. The number of unbranched alkanes of at least 4 members (excludes halogenated alkanes) is 11. The number of rotatable bonds is 15. The first-order valence-electron chi connectivity index (χ1n) is 10.9. The third kappa shape index (κ3) is 12.1. The van der Waals surface area contributed by atoms with Crippen LogP contribution in [-0.2, 0) is 0 Å². The van der Waals surface area contributed by atoms with Crippen LogP contribution in [0, 0.1) is 0 Å². The molecule has 0 amide bonds. The lowest BCUT2D eigenvalue weighted by Gasteiger charge is -2.07. The first kappa shape index (κ1) is 22.7. The molecule has 0 aliphatic rings. The van der Waals surface area contributed by atoms with Crippen molar-refractivity contribution in [3.63, 3.8) is 0 Å². The molecule has 26 heavy (non-hydrogen) atoms. The van der Waals surface area contributed by atoms with Crippen LogP contribution in [0.2, 0.25) is 0 Å². The number of allylic oxidation sites excluding steroid dienone is 1. The molecule has 1 aromatic rings. The van der Waals surface area contributed by atoms with Gasteiger partial charge in [0.15, 0.2) is 0 Å². The third-order valence-corrected chi connectivity index (χ3v) is 4.94. The van der Waals surface area contributed by atoms with Crippen molar-refractivity contribution in [1.82, 2.24) is 0 Å². The monoisotopic (exact) mass is 355 g/mol. The number of benzene rings is 1. The SMILES string of the molecule is CCCCCCCCCCCCC/C=C/C(=Cc1ccccc1)[C@H](C)N. The smallest absolute Gasteiger partial charge is 0.0266 e. The van der Waals surface area contributed by atoms with Gasteiger partial charge in [-0.15, -0.1) is 0 Å². The number of hydrogen-bond acceptors (Lipinski definition) is 1. The van der Waals surface area contributed by atoms with Gasteiger partial charge in [0.05, 0.1) is 0 Å². The Balaban J connectivity index is 2.09. The first-order chi connectivity index (χ1) is 12.7. The minimum Gasteiger partial charge on any atom is -0.324 e. The fourth-order valence-electron chi connectivity index (χ4n) is 3.22. The standard InChI is InChI=1S/C25H41N/c1-3-4-5-6-7-8-9-10-11-12-13-14-18-21-25(23(2)26)22-24-19-16-15-17-20-24/h15-23H,3-14,26H2,1-2H3/b21-18+,25-22?/t23-/m0/s1. The van der Waals surface area contributed by atoms with Crippen LogP contribution < -0.4 is 5.73 Å². The zero-order valence-corrected chi connectivity index (χ0v) is 17.3. The Labute approximate surface area is 162 Å². The maximum atomic E-state index is 6.11. The third-order valence-electron chi connectivity index (χ3n) is 4.94. The average molecular weight is 356 g/mol. The highest BCUT2D eigenvalue weighted by Gasteiger charge is 1.99. The highest BCUT2D eigenvalue weighted by molar-refractivity contribution is 5.57. The minimum absolute atomic E-state index is 0.0729. The van der Waals surface area contributed by atoms with E-state index in [-0.39, 0.29) is 6.04 Å². The molecule has 0 bridgehead atoms. The second-order valence-corrected chi connectivity index (χ2v) is 7.57. The van der Waals surface area contributed by atoms with E-state index in [1.807, 2.05) is 6.07 Å². The van der Waals surface area contributed by atoms with Crippen LogP contribution in [0.3, 0.4) is 0 Å². The van der Waals surface area contributed by atoms with Gasteiger partial charge in [0.1, 0.15) is 0 Å². The lowest BCUT2D eigenvalue weighted by molar-refractivity contribution is 0.550. The van der Waals surface area contributed by atoms with Crippen molar-refractivity contribution in [2.24, 2.45) is 5.73 Å². The Morgan fingerprint density at radius 3 is 1.92 bits per heavy atom. The van der Waals surface area contributed by atoms with Crippen molar-refractivity contribution in [3.8, 4) is 0 Å². The van der Waals surface area contributed by atoms with E-state index in [2.05, 4.69) is 56.3 Å². The van der Waals surface area contributed by atoms with Gasteiger partial charge in [-0.25, -0.2) is 0 Å². The van der Waals surface area contributed by atoms with Gasteiger partial charge in [0.25, 0.3) is 0 Å². The van der Waals surface area contributed by atoms with Crippen molar-refractivity contribution in [2.45, 2.75) is 96.9 Å². The van der Waals surface area contributed by atoms with E-state index in [9.17, 15) is 0 Å². The van der Waals surface area contributed by atoms with Crippen molar-refractivity contribution < 1.29 is 0 Å². The molecule has 0 aliphatic carbocycles. The topological polar surface area (TPSA) is 26.0 Å². The van der Waals surface area contributed by atoms with E-state index in [1.54, 1.807) is 0 Å². The molecule has 1 aromatic carbocycles. The average Bonchev–Trinajstić information content (AvgIpc) is 2.65. The second kappa shape index (κ2) is 15.9. The zero-order chi connectivity index (χ0) is 18.9. The molecular formula is C25H41N. The Morgan fingerprint density at radius 1 is 0.846 bits per heavy atom. The Hall–Kier alpha value is -1.34. The van der Waals surface area contributed by atoms with Crippen LogP contribution in [0.1, 0.15) is 96.5 Å². The highest BCUT2D eigenvalue weighted by atomic mass is 14.6. The quantitative estimate of drug-likeness (QED) is 0.253. The fourth-order valence-corrected chi connectivity index (χ4v) is 3.22. The number of hydrogen-bond donors (Lipinski definition) is 1. The van der Waals surface area contributed by atoms with E-state index in [0.29, 0.717) is 0 Å². The summed E-state index contributed by atoms with van der Waals surface area (Å²) in [5.74, 6) is 0. The molecule has 0 aliphatic heterocycles. The van der Waals surface area contributed by atoms with Gasteiger partial charge in [0, 0.05) is 6.04 Å². The van der Waals surface area contributed by atoms with Crippen molar-refractivity contribution >= 4 is 6.08 Å². The summed E-state index contributed by atoms with van der Waals surface area (Å²) in [7, 11) is 0. The molecule has 0 fully saturated rings. The van der Waals surface area contributed by atoms with Gasteiger partial charge in [-0.2, -0.15) is 0 Å². The fraction of sp³-hybridized carbons (Fsp3) is 0.600. The Kier molecular flexibility index (Phi) is 13.9. The van der Waals surface area contributed by atoms with E-state index in [1.165, 1.54) is 81.8 Å². The lowest BCUT2D eigenvalue weighted by atomic mass is 10.0. The van der Waals surface area contributed by atoms with Crippen LogP contribution in [0.4, 0.5) is 0 Å².